The van der Waals surface area contributed by atoms with Crippen molar-refractivity contribution in [2.75, 3.05) is 33.0 Å². The molecule has 0 aliphatic rings. The number of rotatable bonds is 15. The molecular weight excluding hydrogens is 316 g/mol. The minimum absolute atomic E-state index is 0.635. The van der Waals surface area contributed by atoms with E-state index in [0.29, 0.717) is 19.8 Å². The molecule has 7 heteroatoms. The lowest BCUT2D eigenvalue weighted by Gasteiger charge is -2.29. The van der Waals surface area contributed by atoms with Gasteiger partial charge in [-0.2, -0.15) is 0 Å². The van der Waals surface area contributed by atoms with E-state index in [1.807, 2.05) is 34.6 Å². The van der Waals surface area contributed by atoms with Gasteiger partial charge >= 0.3 is 17.4 Å². The Balaban J connectivity index is 4.41. The van der Waals surface area contributed by atoms with Crippen molar-refractivity contribution in [1.82, 2.24) is 0 Å². The largest absolute Gasteiger partial charge is 0.500 e. The van der Waals surface area contributed by atoms with E-state index >= 15 is 0 Å². The predicted molar refractivity (Wildman–Crippen MR) is 94.4 cm³/mol. The Morgan fingerprint density at radius 1 is 0.545 bits per heavy atom. The topological polar surface area (TPSA) is 46.2 Å². The molecule has 0 N–H and O–H groups in total. The number of unbranched alkanes of at least 4 members (excludes halogenated alkanes) is 1. The van der Waals surface area contributed by atoms with Gasteiger partial charge in [-0.15, -0.1) is 0 Å². The maximum atomic E-state index is 5.88. The zero-order valence-corrected chi connectivity index (χ0v) is 17.4. The Morgan fingerprint density at radius 2 is 0.909 bits per heavy atom. The van der Waals surface area contributed by atoms with E-state index in [4.69, 9.17) is 22.1 Å². The van der Waals surface area contributed by atoms with Crippen molar-refractivity contribution in [3.8, 4) is 0 Å². The normalized spacial score (nSPS) is 12.8. The fourth-order valence-electron chi connectivity index (χ4n) is 2.59. The van der Waals surface area contributed by atoms with Gasteiger partial charge < -0.3 is 22.1 Å². The van der Waals surface area contributed by atoms with Crippen LogP contribution in [0.25, 0.3) is 0 Å². The maximum Gasteiger partial charge on any atom is 0.500 e. The van der Waals surface area contributed by atoms with Crippen LogP contribution in [-0.2, 0) is 22.1 Å². The van der Waals surface area contributed by atoms with E-state index in [1.165, 1.54) is 0 Å². The summed E-state index contributed by atoms with van der Waals surface area (Å²) in [5.74, 6) is 0. The fraction of sp³-hybridized carbons (Fsp3) is 1.00. The highest BCUT2D eigenvalue weighted by molar-refractivity contribution is 6.66. The first-order valence-electron chi connectivity index (χ1n) is 8.71. The third-order valence-corrected chi connectivity index (χ3v) is 9.57. The summed E-state index contributed by atoms with van der Waals surface area (Å²) in [6, 6.07) is 1.87. The molecule has 0 spiro atoms. The predicted octanol–water partition coefficient (Wildman–Crippen LogP) is 3.96. The van der Waals surface area contributed by atoms with Gasteiger partial charge in [-0.3, -0.25) is 0 Å². The molecule has 0 radical (unpaired) electrons. The Kier molecular flexibility index (Phi) is 12.8. The van der Waals surface area contributed by atoms with Crippen LogP contribution in [0.1, 0.15) is 47.5 Å². The second-order valence-electron chi connectivity index (χ2n) is 5.19. The molecular formula is C15H36O5Si2. The summed E-state index contributed by atoms with van der Waals surface area (Å²) in [6.45, 7) is 15.5. The zero-order valence-electron chi connectivity index (χ0n) is 15.4. The molecule has 0 aliphatic carbocycles. The standard InChI is InChI=1S/C15H36O5Si2/c1-7-16-21(6,17-8-2)14-12-13-15-22(18-9-3,19-10-4)20-11-5/h7-15H2,1-6H3. The molecule has 0 aliphatic heterocycles. The summed E-state index contributed by atoms with van der Waals surface area (Å²) in [5.41, 5.74) is 0. The van der Waals surface area contributed by atoms with Gasteiger partial charge in [0.1, 0.15) is 0 Å². The molecule has 0 heterocycles. The van der Waals surface area contributed by atoms with Gasteiger partial charge in [-0.1, -0.05) is 6.42 Å². The first-order valence-corrected chi connectivity index (χ1v) is 13.2. The van der Waals surface area contributed by atoms with Crippen molar-refractivity contribution in [2.24, 2.45) is 0 Å². The van der Waals surface area contributed by atoms with Gasteiger partial charge in [0, 0.05) is 39.1 Å². The molecule has 0 fully saturated rings. The Morgan fingerprint density at radius 3 is 1.27 bits per heavy atom. The van der Waals surface area contributed by atoms with Crippen LogP contribution in [0, 0.1) is 0 Å². The van der Waals surface area contributed by atoms with Crippen molar-refractivity contribution in [1.29, 1.82) is 0 Å². The third-order valence-electron chi connectivity index (χ3n) is 3.36. The highest BCUT2D eigenvalue weighted by atomic mass is 28.4. The van der Waals surface area contributed by atoms with Gasteiger partial charge in [0.05, 0.1) is 0 Å². The molecule has 0 bridgehead atoms. The summed E-state index contributed by atoms with van der Waals surface area (Å²) in [4.78, 5) is 0. The van der Waals surface area contributed by atoms with Crippen molar-refractivity contribution in [3.05, 3.63) is 0 Å². The van der Waals surface area contributed by atoms with E-state index in [0.717, 1.165) is 38.1 Å². The Hall–Kier alpha value is 0.234. The average molecular weight is 353 g/mol. The molecule has 0 amide bonds. The Labute approximate surface area is 139 Å². The first kappa shape index (κ1) is 22.2. The van der Waals surface area contributed by atoms with Crippen LogP contribution in [0.2, 0.25) is 18.6 Å². The van der Waals surface area contributed by atoms with Crippen LogP contribution < -0.4 is 0 Å². The Bertz CT molecular complexity index is 243. The highest BCUT2D eigenvalue weighted by Crippen LogP contribution is 2.23. The SMILES string of the molecule is CCO[Si](C)(CCCC[Si](OCC)(OCC)OCC)OCC. The number of hydrogen-bond acceptors (Lipinski definition) is 5. The van der Waals surface area contributed by atoms with E-state index in [-0.39, 0.29) is 0 Å². The van der Waals surface area contributed by atoms with E-state index in [1.54, 1.807) is 0 Å². The van der Waals surface area contributed by atoms with Crippen LogP contribution in [0.15, 0.2) is 0 Å². The fourth-order valence-corrected chi connectivity index (χ4v) is 7.76. The van der Waals surface area contributed by atoms with Crippen LogP contribution in [0.4, 0.5) is 0 Å². The van der Waals surface area contributed by atoms with E-state index in [2.05, 4.69) is 6.55 Å². The van der Waals surface area contributed by atoms with Crippen molar-refractivity contribution in [3.63, 3.8) is 0 Å². The lowest BCUT2D eigenvalue weighted by Crippen LogP contribution is -2.46. The van der Waals surface area contributed by atoms with E-state index < -0.39 is 17.4 Å². The summed E-state index contributed by atoms with van der Waals surface area (Å²) in [7, 11) is -4.50. The number of hydrogen-bond donors (Lipinski definition) is 0. The van der Waals surface area contributed by atoms with Gasteiger partial charge in [0.25, 0.3) is 0 Å². The zero-order chi connectivity index (χ0) is 16.9. The summed E-state index contributed by atoms with van der Waals surface area (Å²) >= 11 is 0. The molecule has 0 aromatic rings. The third kappa shape index (κ3) is 8.76. The van der Waals surface area contributed by atoms with Crippen molar-refractivity contribution < 1.29 is 22.1 Å². The van der Waals surface area contributed by atoms with Gasteiger partial charge in [-0.25, -0.2) is 0 Å². The van der Waals surface area contributed by atoms with Crippen LogP contribution >= 0.6 is 0 Å². The minimum Gasteiger partial charge on any atom is -0.395 e. The molecule has 0 unspecified atom stereocenters. The lowest BCUT2D eigenvalue weighted by molar-refractivity contribution is 0.0706. The minimum atomic E-state index is -2.50. The maximum absolute atomic E-state index is 5.88. The molecule has 0 atom stereocenters. The summed E-state index contributed by atoms with van der Waals surface area (Å²) in [5, 5.41) is 0. The van der Waals surface area contributed by atoms with Gasteiger partial charge in [0.2, 0.25) is 0 Å². The smallest absolute Gasteiger partial charge is 0.395 e. The molecule has 134 valence electrons. The molecule has 5 nitrogen and oxygen atoms in total. The molecule has 22 heavy (non-hydrogen) atoms. The molecule has 0 aromatic heterocycles. The van der Waals surface area contributed by atoms with Crippen molar-refractivity contribution >= 4 is 17.4 Å². The van der Waals surface area contributed by atoms with Gasteiger partial charge in [0.15, 0.2) is 0 Å². The molecule has 0 aromatic carbocycles. The summed E-state index contributed by atoms with van der Waals surface area (Å²) < 4.78 is 29.4. The highest BCUT2D eigenvalue weighted by Gasteiger charge is 2.40. The summed E-state index contributed by atoms with van der Waals surface area (Å²) in [6.07, 6.45) is 2.08. The van der Waals surface area contributed by atoms with Crippen LogP contribution in [-0.4, -0.2) is 50.4 Å². The van der Waals surface area contributed by atoms with Gasteiger partial charge in [-0.05, 0) is 53.6 Å². The average Bonchev–Trinajstić information content (AvgIpc) is 2.45. The monoisotopic (exact) mass is 352 g/mol. The van der Waals surface area contributed by atoms with E-state index in [9.17, 15) is 0 Å². The second kappa shape index (κ2) is 12.6. The van der Waals surface area contributed by atoms with Crippen LogP contribution in [0.5, 0.6) is 0 Å². The molecule has 0 saturated carbocycles. The second-order valence-corrected chi connectivity index (χ2v) is 11.3. The first-order chi connectivity index (χ1) is 10.5. The van der Waals surface area contributed by atoms with Crippen molar-refractivity contribution in [2.45, 2.75) is 66.1 Å². The lowest BCUT2D eigenvalue weighted by atomic mass is 10.4. The molecule has 0 rings (SSSR count). The molecule has 0 saturated heterocycles. The quantitative estimate of drug-likeness (QED) is 0.330. The van der Waals surface area contributed by atoms with Crippen LogP contribution in [0.3, 0.4) is 0 Å².